The van der Waals surface area contributed by atoms with Crippen LogP contribution in [0.4, 0.5) is 0 Å². The van der Waals surface area contributed by atoms with E-state index in [-0.39, 0.29) is 176 Å². The third-order valence-electron chi connectivity index (χ3n) is 7.84. The quantitative estimate of drug-likeness (QED) is 0.0627. The van der Waals surface area contributed by atoms with Crippen molar-refractivity contribution < 1.29 is 47.8 Å². The maximum absolute atomic E-state index is 12.4. The van der Waals surface area contributed by atoms with Crippen molar-refractivity contribution in [3.8, 4) is 0 Å². The van der Waals surface area contributed by atoms with Gasteiger partial charge in [0.1, 0.15) is 17.3 Å². The number of carbonyl (C=O) groups excluding carboxylic acids is 7. The summed E-state index contributed by atoms with van der Waals surface area (Å²) in [6, 6.07) is -0.00268. The third kappa shape index (κ3) is 25.6. The monoisotopic (exact) mass is 741 g/mol. The first kappa shape index (κ1) is 48.7. The van der Waals surface area contributed by atoms with E-state index in [0.717, 1.165) is 0 Å². The van der Waals surface area contributed by atoms with Crippen molar-refractivity contribution in [3.05, 3.63) is 0 Å². The first-order valence-corrected chi connectivity index (χ1v) is 18.6. The van der Waals surface area contributed by atoms with Gasteiger partial charge in [0.25, 0.3) is 0 Å². The summed E-state index contributed by atoms with van der Waals surface area (Å²) in [7, 11) is 0. The van der Waals surface area contributed by atoms with Crippen molar-refractivity contribution in [2.75, 3.05) is 65.8 Å². The van der Waals surface area contributed by atoms with E-state index in [4.69, 9.17) is 14.2 Å². The maximum Gasteiger partial charge on any atom is 0.222 e. The molecule has 300 valence electrons. The molecule has 52 heavy (non-hydrogen) atoms. The largest absolute Gasteiger partial charge is 0.379 e. The van der Waals surface area contributed by atoms with Gasteiger partial charge in [0.2, 0.25) is 23.6 Å². The molecular weight excluding hydrogens is 674 g/mol. The second-order valence-corrected chi connectivity index (χ2v) is 14.2. The molecule has 0 radical (unpaired) electrons. The Balaban J connectivity index is 4.85. The van der Waals surface area contributed by atoms with E-state index < -0.39 is 5.54 Å². The standard InChI is InChI=1S/C37H67N5O10/c1-26(2)30(43)9-11-33(46)38-16-18-40-35(48)14-21-51-24-37(42-29(7)8,23-50-20-13-32(45)28(5)6)25-52-22-15-36(49)41-19-17-39-34(47)12-10-31(44)27(3)4/h26-29,42H,9-25H2,1-8H3,(H,38,46)(H,39,47)(H,40,48)(H,41,49). The van der Waals surface area contributed by atoms with Gasteiger partial charge >= 0.3 is 0 Å². The van der Waals surface area contributed by atoms with Crippen LogP contribution in [-0.2, 0) is 47.8 Å². The van der Waals surface area contributed by atoms with Gasteiger partial charge in [-0.1, -0.05) is 55.4 Å². The van der Waals surface area contributed by atoms with Crippen molar-refractivity contribution in [2.45, 2.75) is 112 Å². The Morgan fingerprint density at radius 1 is 0.423 bits per heavy atom. The van der Waals surface area contributed by atoms with Gasteiger partial charge in [0, 0.05) is 94.9 Å². The van der Waals surface area contributed by atoms with Gasteiger partial charge in [-0.25, -0.2) is 0 Å². The summed E-state index contributed by atoms with van der Waals surface area (Å²) in [4.78, 5) is 84.1. The first-order chi connectivity index (χ1) is 24.5. The second-order valence-electron chi connectivity index (χ2n) is 14.2. The first-order valence-electron chi connectivity index (χ1n) is 18.6. The van der Waals surface area contributed by atoms with Crippen molar-refractivity contribution in [3.63, 3.8) is 0 Å². The molecule has 0 fully saturated rings. The lowest BCUT2D eigenvalue weighted by atomic mass is 10.0. The lowest BCUT2D eigenvalue weighted by molar-refractivity contribution is -0.126. The van der Waals surface area contributed by atoms with E-state index in [2.05, 4.69) is 26.6 Å². The summed E-state index contributed by atoms with van der Waals surface area (Å²) in [5, 5.41) is 14.3. The highest BCUT2D eigenvalue weighted by Gasteiger charge is 2.32. The van der Waals surface area contributed by atoms with Crippen LogP contribution in [0.2, 0.25) is 0 Å². The van der Waals surface area contributed by atoms with E-state index in [1.54, 1.807) is 27.7 Å². The average Bonchev–Trinajstić information content (AvgIpc) is 3.08. The molecular formula is C37H67N5O10. The SMILES string of the molecule is CC(C)NC(COCCC(=O)NCCNC(=O)CCC(=O)C(C)C)(COCCC(=O)NCCNC(=O)CCC(=O)C(C)C)COCCC(=O)C(C)C. The molecule has 0 bridgehead atoms. The van der Waals surface area contributed by atoms with Crippen LogP contribution in [0, 0.1) is 17.8 Å². The highest BCUT2D eigenvalue weighted by atomic mass is 16.5. The van der Waals surface area contributed by atoms with Crippen LogP contribution in [0.3, 0.4) is 0 Å². The fraction of sp³-hybridized carbons (Fsp3) is 0.811. The van der Waals surface area contributed by atoms with E-state index in [1.807, 2.05) is 27.7 Å². The van der Waals surface area contributed by atoms with Crippen LogP contribution in [0.15, 0.2) is 0 Å². The van der Waals surface area contributed by atoms with Crippen LogP contribution in [0.5, 0.6) is 0 Å². The molecule has 0 aromatic rings. The molecule has 0 saturated heterocycles. The molecule has 15 nitrogen and oxygen atoms in total. The summed E-state index contributed by atoms with van der Waals surface area (Å²) in [5.41, 5.74) is -0.843. The molecule has 5 N–H and O–H groups in total. The smallest absolute Gasteiger partial charge is 0.222 e. The minimum absolute atomic E-state index is 0.00268. The molecule has 4 amide bonds. The molecule has 0 spiro atoms. The Morgan fingerprint density at radius 2 is 0.712 bits per heavy atom. The van der Waals surface area contributed by atoms with Crippen LogP contribution >= 0.6 is 0 Å². The number of nitrogens with one attached hydrogen (secondary N) is 5. The summed E-state index contributed by atoms with van der Waals surface area (Å²) in [6.45, 7) is 16.6. The number of amides is 4. The normalized spacial score (nSPS) is 11.6. The molecule has 0 unspecified atom stereocenters. The Morgan fingerprint density at radius 3 is 1.02 bits per heavy atom. The van der Waals surface area contributed by atoms with E-state index >= 15 is 0 Å². The van der Waals surface area contributed by atoms with Gasteiger partial charge in [-0.05, 0) is 0 Å². The maximum atomic E-state index is 12.4. The van der Waals surface area contributed by atoms with E-state index in [0.29, 0.717) is 0 Å². The van der Waals surface area contributed by atoms with Crippen molar-refractivity contribution in [2.24, 2.45) is 17.8 Å². The number of ketones is 3. The molecule has 0 atom stereocenters. The lowest BCUT2D eigenvalue weighted by Gasteiger charge is -2.36. The fourth-order valence-electron chi connectivity index (χ4n) is 4.67. The third-order valence-corrected chi connectivity index (χ3v) is 7.84. The van der Waals surface area contributed by atoms with E-state index in [1.165, 1.54) is 0 Å². The van der Waals surface area contributed by atoms with Crippen LogP contribution in [-0.4, -0.2) is 118 Å². The highest BCUT2D eigenvalue weighted by Crippen LogP contribution is 2.12. The second kappa shape index (κ2) is 28.3. The van der Waals surface area contributed by atoms with Gasteiger partial charge in [0.15, 0.2) is 0 Å². The number of Topliss-reactive ketones (excluding diaryl/α,β-unsaturated/α-hetero) is 3. The highest BCUT2D eigenvalue weighted by molar-refractivity contribution is 5.86. The van der Waals surface area contributed by atoms with Crippen molar-refractivity contribution >= 4 is 41.0 Å². The van der Waals surface area contributed by atoms with Crippen LogP contribution < -0.4 is 26.6 Å². The summed E-state index contributed by atoms with van der Waals surface area (Å²) < 4.78 is 17.8. The van der Waals surface area contributed by atoms with Gasteiger partial charge in [0.05, 0.1) is 45.2 Å². The Labute approximate surface area is 310 Å². The predicted molar refractivity (Wildman–Crippen MR) is 197 cm³/mol. The van der Waals surface area contributed by atoms with Gasteiger partial charge in [-0.3, -0.25) is 33.6 Å². The minimum Gasteiger partial charge on any atom is -0.379 e. The predicted octanol–water partition coefficient (Wildman–Crippen LogP) is 1.64. The van der Waals surface area contributed by atoms with Gasteiger partial charge < -0.3 is 40.8 Å². The van der Waals surface area contributed by atoms with Crippen molar-refractivity contribution in [1.82, 2.24) is 26.6 Å². The van der Waals surface area contributed by atoms with Gasteiger partial charge in [-0.2, -0.15) is 0 Å². The zero-order chi connectivity index (χ0) is 39.5. The molecule has 0 aliphatic carbocycles. The molecule has 0 saturated carbocycles. The zero-order valence-corrected chi connectivity index (χ0v) is 32.9. The van der Waals surface area contributed by atoms with Crippen LogP contribution in [0.25, 0.3) is 0 Å². The molecule has 0 rings (SSSR count). The average molecular weight is 742 g/mol. The Kier molecular flexibility index (Phi) is 26.5. The molecule has 0 heterocycles. The molecule has 0 aliphatic heterocycles. The molecule has 15 heteroatoms. The molecule has 0 aromatic carbocycles. The number of carbonyl (C=O) groups is 7. The number of ether oxygens (including phenoxy) is 3. The number of rotatable bonds is 32. The van der Waals surface area contributed by atoms with Crippen LogP contribution in [0.1, 0.15) is 100 Å². The zero-order valence-electron chi connectivity index (χ0n) is 32.9. The topological polar surface area (TPSA) is 207 Å². The summed E-state index contributed by atoms with van der Waals surface area (Å²) in [6.07, 6.45) is 1.04. The summed E-state index contributed by atoms with van der Waals surface area (Å²) in [5.74, 6) is -1.16. The van der Waals surface area contributed by atoms with Crippen molar-refractivity contribution in [1.29, 1.82) is 0 Å². The Hall–Kier alpha value is -3.27. The molecule has 0 aliphatic rings. The number of hydrogen-bond acceptors (Lipinski definition) is 11. The summed E-state index contributed by atoms with van der Waals surface area (Å²) >= 11 is 0. The van der Waals surface area contributed by atoms with Gasteiger partial charge in [-0.15, -0.1) is 0 Å². The fourth-order valence-corrected chi connectivity index (χ4v) is 4.67. The lowest BCUT2D eigenvalue weighted by Crippen LogP contribution is -2.59. The van der Waals surface area contributed by atoms with E-state index in [9.17, 15) is 33.6 Å². The minimum atomic E-state index is -0.843. The number of hydrogen-bond donors (Lipinski definition) is 5. The molecule has 0 aromatic heterocycles. The Bertz CT molecular complexity index is 1050.